The van der Waals surface area contributed by atoms with Gasteiger partial charge in [0.15, 0.2) is 0 Å². The summed E-state index contributed by atoms with van der Waals surface area (Å²) < 4.78 is 17.8. The monoisotopic (exact) mass is 511 g/mol. The Morgan fingerprint density at radius 2 is 1.68 bits per heavy atom. The molecule has 2 unspecified atom stereocenters. The van der Waals surface area contributed by atoms with Crippen LogP contribution in [0.25, 0.3) is 10.8 Å². The second-order valence-corrected chi connectivity index (χ2v) is 9.46. The van der Waals surface area contributed by atoms with E-state index in [1.807, 2.05) is 48.5 Å². The van der Waals surface area contributed by atoms with E-state index in [0.717, 1.165) is 27.8 Å². The molecule has 0 saturated carbocycles. The minimum absolute atomic E-state index is 0.0730. The maximum Gasteiger partial charge on any atom is 0.137 e. The quantitative estimate of drug-likeness (QED) is 0.291. The van der Waals surface area contributed by atoms with Crippen LogP contribution in [0.3, 0.4) is 0 Å². The summed E-state index contributed by atoms with van der Waals surface area (Å²) >= 11 is 0. The molecule has 196 valence electrons. The fourth-order valence-corrected chi connectivity index (χ4v) is 4.86. The number of benzene rings is 3. The Kier molecular flexibility index (Phi) is 8.48. The topological polar surface area (TPSA) is 84.0 Å². The van der Waals surface area contributed by atoms with Crippen LogP contribution in [0.2, 0.25) is 0 Å². The summed E-state index contributed by atoms with van der Waals surface area (Å²) in [5.74, 6) is 0.839. The molecule has 1 aliphatic rings. The van der Waals surface area contributed by atoms with Gasteiger partial charge in [0.2, 0.25) is 0 Å². The van der Waals surface area contributed by atoms with Crippen molar-refractivity contribution in [2.24, 2.45) is 0 Å². The van der Waals surface area contributed by atoms with Crippen molar-refractivity contribution in [1.29, 1.82) is 0 Å². The van der Waals surface area contributed by atoms with Crippen molar-refractivity contribution in [2.75, 3.05) is 26.3 Å². The minimum Gasteiger partial charge on any atom is -0.530 e. The third kappa shape index (κ3) is 6.68. The van der Waals surface area contributed by atoms with Gasteiger partial charge in [0.1, 0.15) is 18.4 Å². The van der Waals surface area contributed by atoms with Gasteiger partial charge in [-0.05, 0) is 64.2 Å². The molecule has 0 spiro atoms. The van der Waals surface area contributed by atoms with Gasteiger partial charge in [-0.25, -0.2) is 0 Å². The first-order valence-corrected chi connectivity index (χ1v) is 12.9. The Hall–Kier alpha value is -3.94. The predicted octanol–water partition coefficient (Wildman–Crippen LogP) is 4.55. The Bertz CT molecular complexity index is 1330. The van der Waals surface area contributed by atoms with E-state index in [1.165, 1.54) is 10.3 Å². The van der Waals surface area contributed by atoms with Crippen LogP contribution in [0.1, 0.15) is 29.0 Å². The van der Waals surface area contributed by atoms with Crippen molar-refractivity contribution >= 4 is 16.9 Å². The molecule has 3 aromatic carbocycles. The van der Waals surface area contributed by atoms with Crippen molar-refractivity contribution in [1.82, 2.24) is 9.88 Å². The molecular weight excluding hydrogens is 480 g/mol. The molecule has 1 fully saturated rings. The molecule has 2 heterocycles. The van der Waals surface area contributed by atoms with Crippen LogP contribution in [0.15, 0.2) is 91.3 Å². The fourth-order valence-electron chi connectivity index (χ4n) is 4.86. The number of nitrogens with zero attached hydrogens (tertiary/aromatic N) is 2. The smallest absolute Gasteiger partial charge is 0.137 e. The lowest BCUT2D eigenvalue weighted by molar-refractivity contribution is -0.268. The average Bonchev–Trinajstić information content (AvgIpc) is 2.96. The summed E-state index contributed by atoms with van der Waals surface area (Å²) in [6.45, 7) is 2.58. The molecule has 1 saturated heterocycles. The van der Waals surface area contributed by atoms with Crippen molar-refractivity contribution in [3.8, 4) is 5.75 Å². The minimum atomic E-state index is -1.15. The lowest BCUT2D eigenvalue weighted by atomic mass is 9.87. The summed E-state index contributed by atoms with van der Waals surface area (Å²) in [6, 6.07) is 26.3. The molecule has 38 heavy (non-hydrogen) atoms. The van der Waals surface area contributed by atoms with Gasteiger partial charge in [0.05, 0.1) is 25.9 Å². The normalized spacial score (nSPS) is 17.4. The molecule has 0 aliphatic carbocycles. The number of hydrogen-bond acceptors (Lipinski definition) is 6. The van der Waals surface area contributed by atoms with Gasteiger partial charge < -0.3 is 29.0 Å². The number of piperidine rings is 1. The fraction of sp³-hybridized carbons (Fsp3) is 0.290. The Morgan fingerprint density at radius 1 is 0.895 bits per heavy atom. The maximum absolute atomic E-state index is 11.6. The first-order chi connectivity index (χ1) is 18.7. The number of carboxylic acid groups (broad SMARTS) is 1. The molecule has 1 aromatic heterocycles. The van der Waals surface area contributed by atoms with E-state index in [0.29, 0.717) is 39.4 Å². The first-order valence-electron chi connectivity index (χ1n) is 12.9. The second-order valence-electron chi connectivity index (χ2n) is 9.46. The molecular formula is C31H31N2O5-. The molecule has 0 bridgehead atoms. The van der Waals surface area contributed by atoms with Crippen LogP contribution in [0.5, 0.6) is 5.75 Å². The van der Waals surface area contributed by atoms with Crippen molar-refractivity contribution < 1.29 is 24.1 Å². The molecule has 1 aliphatic heterocycles. The maximum atomic E-state index is 11.6. The van der Waals surface area contributed by atoms with Crippen LogP contribution in [0, 0.1) is 0 Å². The number of amides is 1. The van der Waals surface area contributed by atoms with Crippen LogP contribution in [-0.2, 0) is 22.7 Å². The number of aromatic nitrogens is 1. The SMILES string of the molecule is O=C([O-])N1CCC(c2ccc(OCCOCc3ccncc3)cc2)C(OCc2ccc3ccccc3c2)C1. The summed E-state index contributed by atoms with van der Waals surface area (Å²) in [5.41, 5.74) is 3.24. The van der Waals surface area contributed by atoms with Crippen molar-refractivity contribution in [3.05, 3.63) is 108 Å². The van der Waals surface area contributed by atoms with Gasteiger partial charge in [-0.15, -0.1) is 0 Å². The van der Waals surface area contributed by atoms with Gasteiger partial charge in [-0.3, -0.25) is 4.98 Å². The highest BCUT2D eigenvalue weighted by molar-refractivity contribution is 5.82. The van der Waals surface area contributed by atoms with Gasteiger partial charge in [0.25, 0.3) is 0 Å². The zero-order valence-electron chi connectivity index (χ0n) is 21.2. The molecule has 4 aromatic rings. The molecule has 5 rings (SSSR count). The van der Waals surface area contributed by atoms with Gasteiger partial charge >= 0.3 is 0 Å². The van der Waals surface area contributed by atoms with E-state index in [9.17, 15) is 9.90 Å². The number of fused-ring (bicyclic) bond motifs is 1. The second kappa shape index (κ2) is 12.5. The van der Waals surface area contributed by atoms with Crippen LogP contribution >= 0.6 is 0 Å². The van der Waals surface area contributed by atoms with E-state index < -0.39 is 6.09 Å². The van der Waals surface area contributed by atoms with Crippen LogP contribution in [0.4, 0.5) is 4.79 Å². The molecule has 0 N–H and O–H groups in total. The number of likely N-dealkylation sites (tertiary alicyclic amines) is 1. The Labute approximate surface area is 222 Å². The number of pyridine rings is 1. The Morgan fingerprint density at radius 3 is 2.47 bits per heavy atom. The van der Waals surface area contributed by atoms with Gasteiger partial charge in [-0.1, -0.05) is 48.5 Å². The molecule has 7 nitrogen and oxygen atoms in total. The molecule has 1 amide bonds. The highest BCUT2D eigenvalue weighted by Crippen LogP contribution is 2.32. The standard InChI is InChI=1S/C31H32N2O5/c34-31(35)33-16-13-29(30(20-33)38-22-24-5-6-25-3-1-2-4-27(25)19-24)26-7-9-28(10-8-26)37-18-17-36-21-23-11-14-32-15-12-23/h1-12,14-15,19,29-30H,13,16-18,20-22H2,(H,34,35)/p-1. The number of carbonyl (C=O) groups is 1. The lowest BCUT2D eigenvalue weighted by Crippen LogP contribution is -2.51. The van der Waals surface area contributed by atoms with Crippen LogP contribution in [-0.4, -0.2) is 48.4 Å². The van der Waals surface area contributed by atoms with Gasteiger partial charge in [-0.2, -0.15) is 0 Å². The third-order valence-electron chi connectivity index (χ3n) is 6.92. The average molecular weight is 512 g/mol. The number of carbonyl (C=O) groups excluding carboxylic acids is 1. The first kappa shape index (κ1) is 25.7. The lowest BCUT2D eigenvalue weighted by Gasteiger charge is -2.40. The third-order valence-corrected chi connectivity index (χ3v) is 6.92. The van der Waals surface area contributed by atoms with Crippen molar-refractivity contribution in [3.63, 3.8) is 0 Å². The largest absolute Gasteiger partial charge is 0.530 e. The zero-order valence-corrected chi connectivity index (χ0v) is 21.2. The summed E-state index contributed by atoms with van der Waals surface area (Å²) in [5, 5.41) is 13.9. The van der Waals surface area contributed by atoms with E-state index in [4.69, 9.17) is 14.2 Å². The van der Waals surface area contributed by atoms with E-state index in [2.05, 4.69) is 35.3 Å². The molecule has 2 atom stereocenters. The summed E-state index contributed by atoms with van der Waals surface area (Å²) in [7, 11) is 0. The van der Waals surface area contributed by atoms with E-state index in [1.54, 1.807) is 12.4 Å². The van der Waals surface area contributed by atoms with E-state index in [-0.39, 0.29) is 18.6 Å². The Balaban J connectivity index is 1.17. The zero-order chi connectivity index (χ0) is 26.2. The highest BCUT2D eigenvalue weighted by Gasteiger charge is 2.31. The van der Waals surface area contributed by atoms with Crippen molar-refractivity contribution in [2.45, 2.75) is 31.7 Å². The highest BCUT2D eigenvalue weighted by atomic mass is 16.5. The van der Waals surface area contributed by atoms with Gasteiger partial charge in [0, 0.05) is 31.4 Å². The number of ether oxygens (including phenoxy) is 3. The number of hydrogen-bond donors (Lipinski definition) is 0. The summed E-state index contributed by atoms with van der Waals surface area (Å²) in [6.07, 6.45) is 2.73. The summed E-state index contributed by atoms with van der Waals surface area (Å²) in [4.78, 5) is 16.9. The predicted molar refractivity (Wildman–Crippen MR) is 143 cm³/mol. The molecule has 7 heteroatoms. The van der Waals surface area contributed by atoms with E-state index >= 15 is 0 Å². The number of rotatable bonds is 10. The molecule has 0 radical (unpaired) electrons. The van der Waals surface area contributed by atoms with Crippen LogP contribution < -0.4 is 9.84 Å².